The molecule has 0 N–H and O–H groups in total. The van der Waals surface area contributed by atoms with Crippen molar-refractivity contribution in [3.05, 3.63) is 59.7 Å². The number of ether oxygens (including phenoxy) is 1. The summed E-state index contributed by atoms with van der Waals surface area (Å²) >= 11 is 0. The van der Waals surface area contributed by atoms with Crippen LogP contribution in [0.15, 0.2) is 42.7 Å². The third kappa shape index (κ3) is 4.60. The van der Waals surface area contributed by atoms with Gasteiger partial charge in [-0.25, -0.2) is 9.78 Å². The summed E-state index contributed by atoms with van der Waals surface area (Å²) < 4.78 is 5.16. The number of nitrogens with zero attached hydrogens (tertiary/aromatic N) is 3. The predicted octanol–water partition coefficient (Wildman–Crippen LogP) is 1.99. The van der Waals surface area contributed by atoms with Crippen LogP contribution in [0.25, 0.3) is 0 Å². The Balaban J connectivity index is 1.93. The molecule has 1 aromatic carbocycles. The molecule has 0 aliphatic heterocycles. The number of esters is 1. The molecule has 6 nitrogen and oxygen atoms in total. The zero-order valence-corrected chi connectivity index (χ0v) is 13.4. The average Bonchev–Trinajstić information content (AvgIpc) is 2.55. The highest BCUT2D eigenvalue weighted by Crippen LogP contribution is 2.07. The van der Waals surface area contributed by atoms with Gasteiger partial charge in [0, 0.05) is 19.8 Å². The number of aryl methyl sites for hydroxylation is 1. The topological polar surface area (TPSA) is 72.4 Å². The maximum absolute atomic E-state index is 12.3. The summed E-state index contributed by atoms with van der Waals surface area (Å²) in [6.45, 7) is 3.77. The van der Waals surface area contributed by atoms with Crippen LogP contribution in [-0.2, 0) is 16.1 Å². The van der Waals surface area contributed by atoms with Gasteiger partial charge >= 0.3 is 5.97 Å². The van der Waals surface area contributed by atoms with E-state index in [0.29, 0.717) is 12.2 Å². The average molecular weight is 313 g/mol. The standard InChI is InChI=1S/C17H19N3O3/c1-12-9-19-15(10-18-12)17(22)23-13(2)16(21)20(3)11-14-7-5-4-6-8-14/h4-10,13H,11H2,1-3H3/t13-/m0/s1. The van der Waals surface area contributed by atoms with E-state index in [4.69, 9.17) is 4.74 Å². The number of carbonyl (C=O) groups is 2. The second-order valence-electron chi connectivity index (χ2n) is 5.27. The summed E-state index contributed by atoms with van der Waals surface area (Å²) in [6.07, 6.45) is 1.92. The van der Waals surface area contributed by atoms with E-state index in [0.717, 1.165) is 5.56 Å². The van der Waals surface area contributed by atoms with Crippen molar-refractivity contribution < 1.29 is 14.3 Å². The number of rotatable bonds is 5. The lowest BCUT2D eigenvalue weighted by Gasteiger charge is -2.21. The van der Waals surface area contributed by atoms with Crippen molar-refractivity contribution in [1.29, 1.82) is 0 Å². The molecule has 1 aromatic heterocycles. The molecule has 0 aliphatic rings. The van der Waals surface area contributed by atoms with E-state index in [1.54, 1.807) is 20.9 Å². The van der Waals surface area contributed by atoms with Crippen LogP contribution in [0.2, 0.25) is 0 Å². The predicted molar refractivity (Wildman–Crippen MR) is 84.6 cm³/mol. The third-order valence-electron chi connectivity index (χ3n) is 3.26. The summed E-state index contributed by atoms with van der Waals surface area (Å²) in [5, 5.41) is 0. The molecule has 2 rings (SSSR count). The molecule has 0 radical (unpaired) electrons. The number of likely N-dealkylation sites (N-methyl/N-ethyl adjacent to an activating group) is 1. The Morgan fingerprint density at radius 1 is 1.17 bits per heavy atom. The number of amides is 1. The summed E-state index contributed by atoms with van der Waals surface area (Å²) in [5.41, 5.74) is 1.79. The fourth-order valence-corrected chi connectivity index (χ4v) is 2.01. The smallest absolute Gasteiger partial charge is 0.359 e. The molecule has 23 heavy (non-hydrogen) atoms. The Hall–Kier alpha value is -2.76. The van der Waals surface area contributed by atoms with Gasteiger partial charge in [0.25, 0.3) is 5.91 Å². The van der Waals surface area contributed by atoms with Crippen LogP contribution < -0.4 is 0 Å². The summed E-state index contributed by atoms with van der Waals surface area (Å²) in [6, 6.07) is 9.60. The number of benzene rings is 1. The number of aromatic nitrogens is 2. The molecule has 0 saturated heterocycles. The van der Waals surface area contributed by atoms with Crippen LogP contribution in [0, 0.1) is 6.92 Å². The van der Waals surface area contributed by atoms with Crippen LogP contribution >= 0.6 is 0 Å². The molecular weight excluding hydrogens is 294 g/mol. The Bertz CT molecular complexity index is 671. The Morgan fingerprint density at radius 2 is 1.87 bits per heavy atom. The van der Waals surface area contributed by atoms with Gasteiger partial charge in [0.05, 0.1) is 11.9 Å². The third-order valence-corrected chi connectivity index (χ3v) is 3.26. The molecule has 2 aromatic rings. The minimum atomic E-state index is -0.890. The fraction of sp³-hybridized carbons (Fsp3) is 0.294. The summed E-state index contributed by atoms with van der Waals surface area (Å²) in [4.78, 5) is 33.7. The number of hydrogen-bond donors (Lipinski definition) is 0. The lowest BCUT2D eigenvalue weighted by atomic mass is 10.2. The van der Waals surface area contributed by atoms with Gasteiger partial charge in [-0.05, 0) is 19.4 Å². The zero-order chi connectivity index (χ0) is 16.8. The summed E-state index contributed by atoms with van der Waals surface area (Å²) in [5.74, 6) is -0.936. The Labute approximate surface area is 135 Å². The van der Waals surface area contributed by atoms with E-state index in [2.05, 4.69) is 9.97 Å². The maximum Gasteiger partial charge on any atom is 0.359 e. The van der Waals surface area contributed by atoms with E-state index >= 15 is 0 Å². The quantitative estimate of drug-likeness (QED) is 0.789. The van der Waals surface area contributed by atoms with Crippen LogP contribution in [-0.4, -0.2) is 39.9 Å². The van der Waals surface area contributed by atoms with Crippen molar-refractivity contribution >= 4 is 11.9 Å². The molecule has 1 heterocycles. The van der Waals surface area contributed by atoms with Gasteiger partial charge in [0.15, 0.2) is 11.8 Å². The minimum absolute atomic E-state index is 0.0842. The molecule has 0 aliphatic carbocycles. The highest BCUT2D eigenvalue weighted by molar-refractivity contribution is 5.90. The van der Waals surface area contributed by atoms with Gasteiger partial charge in [-0.1, -0.05) is 30.3 Å². The normalized spacial score (nSPS) is 11.6. The van der Waals surface area contributed by atoms with Crippen molar-refractivity contribution in [1.82, 2.24) is 14.9 Å². The van der Waals surface area contributed by atoms with Crippen LogP contribution in [0.4, 0.5) is 0 Å². The summed E-state index contributed by atoms with van der Waals surface area (Å²) in [7, 11) is 1.67. The Kier molecular flexibility index (Phi) is 5.41. The van der Waals surface area contributed by atoms with Gasteiger partial charge in [-0.2, -0.15) is 0 Å². The van der Waals surface area contributed by atoms with Gasteiger partial charge in [0.2, 0.25) is 0 Å². The van der Waals surface area contributed by atoms with Crippen LogP contribution in [0.3, 0.4) is 0 Å². The van der Waals surface area contributed by atoms with Gasteiger partial charge < -0.3 is 9.64 Å². The van der Waals surface area contributed by atoms with Gasteiger partial charge in [-0.3, -0.25) is 9.78 Å². The first-order valence-corrected chi connectivity index (χ1v) is 7.26. The van der Waals surface area contributed by atoms with E-state index in [1.165, 1.54) is 17.3 Å². The number of hydrogen-bond acceptors (Lipinski definition) is 5. The fourth-order valence-electron chi connectivity index (χ4n) is 2.01. The van der Waals surface area contributed by atoms with Crippen molar-refractivity contribution in [2.75, 3.05) is 7.05 Å². The molecule has 0 unspecified atom stereocenters. The second kappa shape index (κ2) is 7.49. The molecule has 120 valence electrons. The van der Waals surface area contributed by atoms with Crippen molar-refractivity contribution in [3.8, 4) is 0 Å². The molecular formula is C17H19N3O3. The lowest BCUT2D eigenvalue weighted by Crippen LogP contribution is -2.37. The first-order valence-electron chi connectivity index (χ1n) is 7.26. The Morgan fingerprint density at radius 3 is 2.48 bits per heavy atom. The largest absolute Gasteiger partial charge is 0.448 e. The first-order chi connectivity index (χ1) is 11.0. The molecule has 0 spiro atoms. The van der Waals surface area contributed by atoms with E-state index < -0.39 is 12.1 Å². The minimum Gasteiger partial charge on any atom is -0.448 e. The zero-order valence-electron chi connectivity index (χ0n) is 13.4. The number of carbonyl (C=O) groups excluding carboxylic acids is 2. The first kappa shape index (κ1) is 16.6. The molecule has 1 atom stereocenters. The molecule has 1 amide bonds. The monoisotopic (exact) mass is 313 g/mol. The SMILES string of the molecule is Cc1cnc(C(=O)O[C@@H](C)C(=O)N(C)Cc2ccccc2)cn1. The second-order valence-corrected chi connectivity index (χ2v) is 5.27. The molecule has 0 saturated carbocycles. The van der Waals surface area contributed by atoms with Gasteiger partial charge in [0.1, 0.15) is 0 Å². The van der Waals surface area contributed by atoms with E-state index in [1.807, 2.05) is 30.3 Å². The molecule has 0 fully saturated rings. The van der Waals surface area contributed by atoms with Crippen molar-refractivity contribution in [3.63, 3.8) is 0 Å². The highest BCUT2D eigenvalue weighted by Gasteiger charge is 2.23. The van der Waals surface area contributed by atoms with Crippen LogP contribution in [0.5, 0.6) is 0 Å². The van der Waals surface area contributed by atoms with E-state index in [9.17, 15) is 9.59 Å². The van der Waals surface area contributed by atoms with Crippen molar-refractivity contribution in [2.24, 2.45) is 0 Å². The highest BCUT2D eigenvalue weighted by atomic mass is 16.5. The van der Waals surface area contributed by atoms with E-state index in [-0.39, 0.29) is 11.6 Å². The lowest BCUT2D eigenvalue weighted by molar-refractivity contribution is -0.139. The maximum atomic E-state index is 12.3. The molecule has 0 bridgehead atoms. The van der Waals surface area contributed by atoms with Gasteiger partial charge in [-0.15, -0.1) is 0 Å². The van der Waals surface area contributed by atoms with Crippen molar-refractivity contribution in [2.45, 2.75) is 26.5 Å². The van der Waals surface area contributed by atoms with Crippen LogP contribution in [0.1, 0.15) is 28.7 Å². The molecule has 6 heteroatoms.